The first-order valence-electron chi connectivity index (χ1n) is 6.54. The molecule has 1 N–H and O–H groups in total. The summed E-state index contributed by atoms with van der Waals surface area (Å²) in [5.41, 5.74) is 2.25. The second-order valence-corrected chi connectivity index (χ2v) is 4.83. The summed E-state index contributed by atoms with van der Waals surface area (Å²) >= 11 is 0. The number of hydrogen-bond acceptors (Lipinski definition) is 2. The predicted molar refractivity (Wildman–Crippen MR) is 87.6 cm³/mol. The Hall–Kier alpha value is -0.610. The molecule has 0 amide bonds. The second-order valence-electron chi connectivity index (χ2n) is 4.83. The van der Waals surface area contributed by atoms with Gasteiger partial charge in [-0.1, -0.05) is 12.1 Å². The minimum absolute atomic E-state index is 0. The Morgan fingerprint density at radius 3 is 2.55 bits per heavy atom. The summed E-state index contributed by atoms with van der Waals surface area (Å²) in [5.74, 6) is -0.158. The van der Waals surface area contributed by atoms with Crippen molar-refractivity contribution in [2.24, 2.45) is 0 Å². The summed E-state index contributed by atoms with van der Waals surface area (Å²) in [5, 5.41) is 3.36. The molecule has 2 nitrogen and oxygen atoms in total. The normalized spacial score (nSPS) is 16.7. The van der Waals surface area contributed by atoms with E-state index in [9.17, 15) is 4.39 Å². The molecule has 1 saturated heterocycles. The van der Waals surface area contributed by atoms with E-state index in [1.165, 1.54) is 5.56 Å². The topological polar surface area (TPSA) is 15.3 Å². The minimum atomic E-state index is -0.158. The van der Waals surface area contributed by atoms with Crippen molar-refractivity contribution in [3.05, 3.63) is 47.8 Å². The Bertz CT molecular complexity index is 420. The Balaban J connectivity index is 0.00000180. The van der Waals surface area contributed by atoms with Crippen molar-refractivity contribution in [2.45, 2.75) is 19.4 Å². The van der Waals surface area contributed by atoms with Gasteiger partial charge in [0.1, 0.15) is 5.82 Å². The highest BCUT2D eigenvalue weighted by Gasteiger charge is 2.22. The molecule has 0 unspecified atom stereocenters. The molecular weight excluding hydrogens is 298 g/mol. The van der Waals surface area contributed by atoms with Crippen LogP contribution in [0.4, 0.5) is 4.39 Å². The van der Waals surface area contributed by atoms with Gasteiger partial charge in [-0.3, -0.25) is 4.90 Å². The van der Waals surface area contributed by atoms with Crippen LogP contribution >= 0.6 is 24.8 Å². The maximum absolute atomic E-state index is 13.2. The number of nitrogens with one attached hydrogen (secondary N) is 1. The average molecular weight is 321 g/mol. The number of nitrogens with zero attached hydrogens (tertiary/aromatic N) is 1. The first-order chi connectivity index (χ1) is 8.72. The van der Waals surface area contributed by atoms with Crippen molar-refractivity contribution in [1.29, 1.82) is 0 Å². The van der Waals surface area contributed by atoms with Crippen LogP contribution in [-0.2, 0) is 0 Å². The highest BCUT2D eigenvalue weighted by atomic mass is 35.5. The Morgan fingerprint density at radius 1 is 1.35 bits per heavy atom. The van der Waals surface area contributed by atoms with E-state index >= 15 is 0 Å². The van der Waals surface area contributed by atoms with Crippen molar-refractivity contribution in [1.82, 2.24) is 10.2 Å². The van der Waals surface area contributed by atoms with Crippen molar-refractivity contribution in [2.75, 3.05) is 26.2 Å². The standard InChI is InChI=1S/C15H21FN2.2ClH/c1-3-4-15(18-9-7-17-8-10-18)14-6-5-13(16)11-12(14)2;;/h3,5-6,11,15,17H,1,4,7-10H2,2H3;2*1H/t15-;;/m0../s1. The second kappa shape index (κ2) is 9.35. The monoisotopic (exact) mass is 320 g/mol. The SMILES string of the molecule is C=CC[C@@H](c1ccc(F)cc1C)N1CCNCC1.Cl.Cl. The van der Waals surface area contributed by atoms with E-state index in [2.05, 4.69) is 16.8 Å². The van der Waals surface area contributed by atoms with Gasteiger partial charge in [0, 0.05) is 32.2 Å². The number of benzene rings is 1. The Morgan fingerprint density at radius 2 is 2.00 bits per heavy atom. The molecule has 20 heavy (non-hydrogen) atoms. The number of halogens is 3. The molecular formula is C15H23Cl2FN2. The first kappa shape index (κ1) is 19.4. The van der Waals surface area contributed by atoms with E-state index in [1.54, 1.807) is 12.1 Å². The van der Waals surface area contributed by atoms with Crippen LogP contribution < -0.4 is 5.32 Å². The third-order valence-corrected chi connectivity index (χ3v) is 3.57. The van der Waals surface area contributed by atoms with Gasteiger partial charge in [0.15, 0.2) is 0 Å². The molecule has 0 aliphatic carbocycles. The van der Waals surface area contributed by atoms with E-state index in [1.807, 2.05) is 19.1 Å². The van der Waals surface area contributed by atoms with Crippen LogP contribution in [0.3, 0.4) is 0 Å². The molecule has 0 saturated carbocycles. The molecule has 1 aliphatic heterocycles. The highest BCUT2D eigenvalue weighted by Crippen LogP contribution is 2.28. The third kappa shape index (κ3) is 4.74. The van der Waals surface area contributed by atoms with E-state index in [4.69, 9.17) is 0 Å². The molecule has 0 spiro atoms. The molecule has 0 bridgehead atoms. The van der Waals surface area contributed by atoms with E-state index < -0.39 is 0 Å². The van der Waals surface area contributed by atoms with Crippen molar-refractivity contribution >= 4 is 24.8 Å². The Labute approximate surface area is 133 Å². The smallest absolute Gasteiger partial charge is 0.123 e. The van der Waals surface area contributed by atoms with Gasteiger partial charge in [0.25, 0.3) is 0 Å². The number of rotatable bonds is 4. The maximum Gasteiger partial charge on any atom is 0.123 e. The molecule has 1 heterocycles. The maximum atomic E-state index is 13.2. The van der Waals surface area contributed by atoms with Gasteiger partial charge < -0.3 is 5.32 Å². The minimum Gasteiger partial charge on any atom is -0.314 e. The fourth-order valence-corrected chi connectivity index (χ4v) is 2.64. The molecule has 0 radical (unpaired) electrons. The fraction of sp³-hybridized carbons (Fsp3) is 0.467. The van der Waals surface area contributed by atoms with E-state index in [0.29, 0.717) is 6.04 Å². The first-order valence-corrected chi connectivity index (χ1v) is 6.54. The van der Waals surface area contributed by atoms with Crippen LogP contribution in [0.15, 0.2) is 30.9 Å². The van der Waals surface area contributed by atoms with Gasteiger partial charge in [-0.2, -0.15) is 0 Å². The largest absolute Gasteiger partial charge is 0.314 e. The zero-order valence-corrected chi connectivity index (χ0v) is 13.4. The molecule has 2 rings (SSSR count). The molecule has 1 aromatic rings. The number of aryl methyl sites for hydroxylation is 1. The van der Waals surface area contributed by atoms with Crippen molar-refractivity contribution < 1.29 is 4.39 Å². The van der Waals surface area contributed by atoms with Crippen LogP contribution in [0.1, 0.15) is 23.6 Å². The third-order valence-electron chi connectivity index (χ3n) is 3.57. The number of piperazine rings is 1. The lowest BCUT2D eigenvalue weighted by atomic mass is 9.96. The summed E-state index contributed by atoms with van der Waals surface area (Å²) in [6.07, 6.45) is 2.86. The predicted octanol–water partition coefficient (Wildman–Crippen LogP) is 3.50. The molecule has 1 aromatic carbocycles. The van der Waals surface area contributed by atoms with Gasteiger partial charge in [0.05, 0.1) is 0 Å². The zero-order chi connectivity index (χ0) is 13.0. The Kier molecular flexibility index (Phi) is 9.06. The van der Waals surface area contributed by atoms with E-state index in [-0.39, 0.29) is 30.6 Å². The quantitative estimate of drug-likeness (QED) is 0.854. The molecule has 1 atom stereocenters. The lowest BCUT2D eigenvalue weighted by molar-refractivity contribution is 0.174. The van der Waals surface area contributed by atoms with Gasteiger partial charge in [-0.15, -0.1) is 31.4 Å². The molecule has 1 fully saturated rings. The van der Waals surface area contributed by atoms with Crippen LogP contribution in [0.5, 0.6) is 0 Å². The van der Waals surface area contributed by atoms with E-state index in [0.717, 1.165) is 38.2 Å². The van der Waals surface area contributed by atoms with Gasteiger partial charge in [-0.05, 0) is 36.6 Å². The van der Waals surface area contributed by atoms with Crippen molar-refractivity contribution in [3.63, 3.8) is 0 Å². The summed E-state index contributed by atoms with van der Waals surface area (Å²) in [4.78, 5) is 2.46. The van der Waals surface area contributed by atoms with Gasteiger partial charge in [0.2, 0.25) is 0 Å². The van der Waals surface area contributed by atoms with Gasteiger partial charge in [-0.25, -0.2) is 4.39 Å². The summed E-state index contributed by atoms with van der Waals surface area (Å²) in [6, 6.07) is 5.42. The van der Waals surface area contributed by atoms with Crippen LogP contribution in [0.2, 0.25) is 0 Å². The molecule has 0 aromatic heterocycles. The highest BCUT2D eigenvalue weighted by molar-refractivity contribution is 5.85. The zero-order valence-electron chi connectivity index (χ0n) is 11.8. The summed E-state index contributed by atoms with van der Waals surface area (Å²) in [7, 11) is 0. The van der Waals surface area contributed by atoms with Gasteiger partial charge >= 0.3 is 0 Å². The fourth-order valence-electron chi connectivity index (χ4n) is 2.64. The van der Waals surface area contributed by atoms with Crippen LogP contribution in [0, 0.1) is 12.7 Å². The lowest BCUT2D eigenvalue weighted by Crippen LogP contribution is -2.45. The lowest BCUT2D eigenvalue weighted by Gasteiger charge is -2.35. The summed E-state index contributed by atoms with van der Waals surface area (Å²) < 4.78 is 13.2. The number of hydrogen-bond donors (Lipinski definition) is 1. The molecule has 114 valence electrons. The average Bonchev–Trinajstić information content (AvgIpc) is 2.38. The van der Waals surface area contributed by atoms with Crippen molar-refractivity contribution in [3.8, 4) is 0 Å². The molecule has 5 heteroatoms. The van der Waals surface area contributed by atoms with Crippen LogP contribution in [-0.4, -0.2) is 31.1 Å². The molecule has 1 aliphatic rings. The van der Waals surface area contributed by atoms with Crippen LogP contribution in [0.25, 0.3) is 0 Å². The summed E-state index contributed by atoms with van der Waals surface area (Å²) in [6.45, 7) is 9.95.